The zero-order chi connectivity index (χ0) is 11.0. The average molecular weight is 204 g/mol. The van der Waals surface area contributed by atoms with Crippen molar-refractivity contribution in [3.63, 3.8) is 0 Å². The van der Waals surface area contributed by atoms with E-state index in [0.29, 0.717) is 0 Å². The molecule has 0 aliphatic heterocycles. The minimum Gasteiger partial charge on any atom is -0.321 e. The third-order valence-corrected chi connectivity index (χ3v) is 1.70. The summed E-state index contributed by atoms with van der Waals surface area (Å²) in [5.41, 5.74) is 4.10. The molecule has 0 amide bonds. The molecule has 0 bridgehead atoms. The van der Waals surface area contributed by atoms with Crippen LogP contribution in [0.15, 0.2) is 18.2 Å². The number of aromatic nitrogens is 1. The van der Waals surface area contributed by atoms with Crippen LogP contribution in [0.4, 0.5) is 13.2 Å². The summed E-state index contributed by atoms with van der Waals surface area (Å²) in [6.45, 7) is 3.21. The number of nitrogens with two attached hydrogens (primary N) is 1. The molecular weight excluding hydrogens is 193 g/mol. The third-order valence-electron chi connectivity index (χ3n) is 1.70. The highest BCUT2D eigenvalue weighted by Crippen LogP contribution is 2.28. The van der Waals surface area contributed by atoms with E-state index in [-0.39, 0.29) is 5.69 Å². The van der Waals surface area contributed by atoms with Crippen LogP contribution >= 0.6 is 0 Å². The van der Waals surface area contributed by atoms with E-state index in [4.69, 9.17) is 5.73 Å². The molecule has 0 aromatic carbocycles. The average Bonchev–Trinajstić information content (AvgIpc) is 2.01. The number of pyridine rings is 1. The van der Waals surface area contributed by atoms with Gasteiger partial charge in [0.2, 0.25) is 0 Å². The highest BCUT2D eigenvalue weighted by atomic mass is 19.4. The van der Waals surface area contributed by atoms with Crippen LogP contribution in [0.3, 0.4) is 0 Å². The van der Waals surface area contributed by atoms with Gasteiger partial charge in [0.1, 0.15) is 5.69 Å². The van der Waals surface area contributed by atoms with Crippen molar-refractivity contribution in [2.75, 3.05) is 0 Å². The maximum Gasteiger partial charge on any atom is 0.433 e. The second-order valence-corrected chi connectivity index (χ2v) is 3.63. The molecule has 2 N–H and O–H groups in total. The topological polar surface area (TPSA) is 38.9 Å². The van der Waals surface area contributed by atoms with Crippen LogP contribution in [0.1, 0.15) is 25.2 Å². The Labute approximate surface area is 79.9 Å². The Bertz CT molecular complexity index is 296. The summed E-state index contributed by atoms with van der Waals surface area (Å²) in [5, 5.41) is 0. The van der Waals surface area contributed by atoms with Crippen LogP contribution in [-0.2, 0) is 11.7 Å². The SMILES string of the molecule is CC(C)(N)c1cccc(C(F)(F)F)n1. The molecule has 0 spiro atoms. The van der Waals surface area contributed by atoms with Gasteiger partial charge in [-0.15, -0.1) is 0 Å². The maximum atomic E-state index is 12.3. The van der Waals surface area contributed by atoms with E-state index in [9.17, 15) is 13.2 Å². The Morgan fingerprint density at radius 3 is 2.07 bits per heavy atom. The smallest absolute Gasteiger partial charge is 0.321 e. The lowest BCUT2D eigenvalue weighted by Crippen LogP contribution is -2.30. The molecule has 0 radical (unpaired) electrons. The second-order valence-electron chi connectivity index (χ2n) is 3.63. The summed E-state index contributed by atoms with van der Waals surface area (Å²) in [6, 6.07) is 3.71. The number of halogens is 3. The molecule has 78 valence electrons. The van der Waals surface area contributed by atoms with Crippen molar-refractivity contribution >= 4 is 0 Å². The minimum absolute atomic E-state index is 0.229. The summed E-state index contributed by atoms with van der Waals surface area (Å²) in [6.07, 6.45) is -4.42. The quantitative estimate of drug-likeness (QED) is 0.762. The summed E-state index contributed by atoms with van der Waals surface area (Å²) < 4.78 is 36.8. The highest BCUT2D eigenvalue weighted by molar-refractivity contribution is 5.18. The minimum atomic E-state index is -4.42. The summed E-state index contributed by atoms with van der Waals surface area (Å²) in [5.74, 6) is 0. The summed E-state index contributed by atoms with van der Waals surface area (Å²) in [7, 11) is 0. The van der Waals surface area contributed by atoms with E-state index in [2.05, 4.69) is 4.98 Å². The molecule has 5 heteroatoms. The number of nitrogens with zero attached hydrogens (tertiary/aromatic N) is 1. The molecular formula is C9H11F3N2. The molecule has 1 aromatic rings. The number of rotatable bonds is 1. The Kier molecular flexibility index (Phi) is 2.54. The van der Waals surface area contributed by atoms with Crippen LogP contribution in [0.25, 0.3) is 0 Å². The standard InChI is InChI=1S/C9H11F3N2/c1-8(2,13)6-4-3-5-7(14-6)9(10,11)12/h3-5H,13H2,1-2H3. The molecule has 0 saturated heterocycles. The van der Waals surface area contributed by atoms with Crippen molar-refractivity contribution in [3.05, 3.63) is 29.6 Å². The molecule has 14 heavy (non-hydrogen) atoms. The Morgan fingerprint density at radius 1 is 1.14 bits per heavy atom. The second kappa shape index (κ2) is 3.24. The van der Waals surface area contributed by atoms with Crippen molar-refractivity contribution in [2.45, 2.75) is 25.6 Å². The molecule has 1 aromatic heterocycles. The van der Waals surface area contributed by atoms with Crippen molar-refractivity contribution in [1.29, 1.82) is 0 Å². The van der Waals surface area contributed by atoms with E-state index in [0.717, 1.165) is 6.07 Å². The fourth-order valence-electron chi connectivity index (χ4n) is 0.951. The Balaban J connectivity index is 3.15. The number of alkyl halides is 3. The van der Waals surface area contributed by atoms with Gasteiger partial charge in [0, 0.05) is 0 Å². The molecule has 0 fully saturated rings. The molecule has 2 nitrogen and oxygen atoms in total. The molecule has 0 saturated carbocycles. The largest absolute Gasteiger partial charge is 0.433 e. The van der Waals surface area contributed by atoms with Gasteiger partial charge >= 0.3 is 6.18 Å². The molecule has 1 heterocycles. The first kappa shape index (κ1) is 11.0. The van der Waals surface area contributed by atoms with Crippen LogP contribution in [0.2, 0.25) is 0 Å². The van der Waals surface area contributed by atoms with Gasteiger partial charge < -0.3 is 5.73 Å². The first-order chi connectivity index (χ1) is 6.21. The molecule has 0 unspecified atom stereocenters. The molecule has 0 aliphatic carbocycles. The van der Waals surface area contributed by atoms with Gasteiger partial charge in [-0.3, -0.25) is 0 Å². The van der Waals surface area contributed by atoms with Gasteiger partial charge in [-0.25, -0.2) is 4.98 Å². The van der Waals surface area contributed by atoms with Gasteiger partial charge in [0.25, 0.3) is 0 Å². The van der Waals surface area contributed by atoms with E-state index in [1.165, 1.54) is 12.1 Å². The van der Waals surface area contributed by atoms with Crippen LogP contribution in [-0.4, -0.2) is 4.98 Å². The van der Waals surface area contributed by atoms with Crippen molar-refractivity contribution in [1.82, 2.24) is 4.98 Å². The number of hydrogen-bond donors (Lipinski definition) is 1. The van der Waals surface area contributed by atoms with E-state index in [1.807, 2.05) is 0 Å². The zero-order valence-electron chi connectivity index (χ0n) is 7.89. The van der Waals surface area contributed by atoms with Crippen LogP contribution in [0, 0.1) is 0 Å². The van der Waals surface area contributed by atoms with Crippen LogP contribution < -0.4 is 5.73 Å². The monoisotopic (exact) mass is 204 g/mol. The lowest BCUT2D eigenvalue weighted by Gasteiger charge is -2.18. The van der Waals surface area contributed by atoms with E-state index >= 15 is 0 Å². The van der Waals surface area contributed by atoms with Crippen molar-refractivity contribution < 1.29 is 13.2 Å². The highest BCUT2D eigenvalue weighted by Gasteiger charge is 2.33. The Hall–Kier alpha value is -1.10. The normalized spacial score (nSPS) is 13.0. The van der Waals surface area contributed by atoms with E-state index in [1.54, 1.807) is 13.8 Å². The zero-order valence-corrected chi connectivity index (χ0v) is 7.89. The summed E-state index contributed by atoms with van der Waals surface area (Å²) >= 11 is 0. The fraction of sp³-hybridized carbons (Fsp3) is 0.444. The molecule has 1 rings (SSSR count). The van der Waals surface area contributed by atoms with Crippen LogP contribution in [0.5, 0.6) is 0 Å². The Morgan fingerprint density at radius 2 is 1.64 bits per heavy atom. The van der Waals surface area contributed by atoms with Crippen molar-refractivity contribution in [3.8, 4) is 0 Å². The van der Waals surface area contributed by atoms with Gasteiger partial charge in [0.15, 0.2) is 0 Å². The van der Waals surface area contributed by atoms with Gasteiger partial charge in [-0.2, -0.15) is 13.2 Å². The van der Waals surface area contributed by atoms with Gasteiger partial charge in [0.05, 0.1) is 11.2 Å². The number of hydrogen-bond acceptors (Lipinski definition) is 2. The summed E-state index contributed by atoms with van der Waals surface area (Å²) in [4.78, 5) is 3.47. The lowest BCUT2D eigenvalue weighted by atomic mass is 10.0. The van der Waals surface area contributed by atoms with Crippen molar-refractivity contribution in [2.24, 2.45) is 5.73 Å². The predicted octanol–water partition coefficient (Wildman–Crippen LogP) is 2.29. The van der Waals surface area contributed by atoms with Gasteiger partial charge in [-0.05, 0) is 26.0 Å². The maximum absolute atomic E-state index is 12.3. The first-order valence-electron chi connectivity index (χ1n) is 4.05. The predicted molar refractivity (Wildman–Crippen MR) is 46.5 cm³/mol. The first-order valence-corrected chi connectivity index (χ1v) is 4.05. The lowest BCUT2D eigenvalue weighted by molar-refractivity contribution is -0.141. The van der Waals surface area contributed by atoms with Gasteiger partial charge in [-0.1, -0.05) is 6.07 Å². The molecule has 0 aliphatic rings. The third kappa shape index (κ3) is 2.45. The fourth-order valence-corrected chi connectivity index (χ4v) is 0.951. The molecule has 0 atom stereocenters. The van der Waals surface area contributed by atoms with E-state index < -0.39 is 17.4 Å².